The fourth-order valence-electron chi connectivity index (χ4n) is 4.34. The number of aromatic nitrogens is 3. The number of carbonyl (C=O) groups is 1. The van der Waals surface area contributed by atoms with Crippen molar-refractivity contribution in [3.63, 3.8) is 0 Å². The number of H-pyrrole nitrogens is 1. The number of alkyl halides is 3. The van der Waals surface area contributed by atoms with Crippen molar-refractivity contribution in [1.29, 1.82) is 0 Å². The molecular formula is C26H27F4N7O5S. The first kappa shape index (κ1) is 31.6. The van der Waals surface area contributed by atoms with E-state index >= 15 is 0 Å². The average Bonchev–Trinajstić information content (AvgIpc) is 3.40. The Kier molecular flexibility index (Phi) is 9.19. The van der Waals surface area contributed by atoms with Gasteiger partial charge in [0.25, 0.3) is 16.1 Å². The summed E-state index contributed by atoms with van der Waals surface area (Å²) in [6.45, 7) is -0.766. The van der Waals surface area contributed by atoms with Crippen molar-refractivity contribution in [3.05, 3.63) is 71.2 Å². The minimum absolute atomic E-state index is 0.0646. The first-order valence-electron chi connectivity index (χ1n) is 12.6. The third-order valence-electron chi connectivity index (χ3n) is 6.35. The molecule has 4 aromatic rings. The molecule has 0 spiro atoms. The molecule has 0 aliphatic rings. The lowest BCUT2D eigenvalue weighted by Crippen LogP contribution is -2.43. The van der Waals surface area contributed by atoms with Gasteiger partial charge in [-0.15, -0.1) is 0 Å². The quantitative estimate of drug-likeness (QED) is 0.109. The number of pyridine rings is 1. The normalized spacial score (nSPS) is 12.9. The number of nitrogens with one attached hydrogen (secondary N) is 4. The van der Waals surface area contributed by atoms with Crippen LogP contribution < -0.4 is 15.4 Å². The van der Waals surface area contributed by atoms with Crippen LogP contribution >= 0.6 is 0 Å². The van der Waals surface area contributed by atoms with Gasteiger partial charge in [-0.25, -0.2) is 9.37 Å². The first-order valence-corrected chi connectivity index (χ1v) is 14.0. The molecule has 0 fully saturated rings. The maximum atomic E-state index is 14.5. The Morgan fingerprint density at radius 3 is 2.49 bits per heavy atom. The summed E-state index contributed by atoms with van der Waals surface area (Å²) < 4.78 is 84.0. The average molecular weight is 626 g/mol. The van der Waals surface area contributed by atoms with E-state index in [-0.39, 0.29) is 40.2 Å². The number of aliphatic hydroxyl groups excluding tert-OH is 1. The molecule has 230 valence electrons. The summed E-state index contributed by atoms with van der Waals surface area (Å²) in [6, 6.07) is 10.8. The van der Waals surface area contributed by atoms with Crippen molar-refractivity contribution in [1.82, 2.24) is 29.5 Å². The van der Waals surface area contributed by atoms with Gasteiger partial charge in [-0.3, -0.25) is 9.89 Å². The number of amides is 1. The Morgan fingerprint density at radius 2 is 1.86 bits per heavy atom. The number of rotatable bonds is 11. The van der Waals surface area contributed by atoms with Gasteiger partial charge in [0.05, 0.1) is 29.6 Å². The van der Waals surface area contributed by atoms with E-state index in [1.54, 1.807) is 30.3 Å². The standard InChI is InChI=1S/C26H27F4N7O5S/c1-31-25(40)22-21-19(35-36-22)12-18(16-11-17(27)20(39)10-15(16)13-26(28,29)30)33-23(21)34-24(14-6-4-3-5-7-14)37(2)43(41,42)32-8-9-38/h3-7,10-12,24,32,38-39H,8-9,13H2,1-2H3,(H,31,40)(H,33,34)(H,35,36). The summed E-state index contributed by atoms with van der Waals surface area (Å²) in [4.78, 5) is 17.1. The number of hydrogen-bond donors (Lipinski definition) is 6. The highest BCUT2D eigenvalue weighted by molar-refractivity contribution is 7.87. The number of carbonyl (C=O) groups excluding carboxylic acids is 1. The van der Waals surface area contributed by atoms with Crippen LogP contribution in [-0.2, 0) is 16.6 Å². The molecule has 6 N–H and O–H groups in total. The molecule has 1 atom stereocenters. The van der Waals surface area contributed by atoms with Crippen LogP contribution in [0.1, 0.15) is 27.8 Å². The number of benzene rings is 2. The molecule has 0 aliphatic heterocycles. The van der Waals surface area contributed by atoms with Gasteiger partial charge >= 0.3 is 6.18 Å². The zero-order valence-corrected chi connectivity index (χ0v) is 23.5. The lowest BCUT2D eigenvalue weighted by molar-refractivity contribution is -0.127. The molecule has 2 heterocycles. The Labute approximate surface area is 242 Å². The van der Waals surface area contributed by atoms with Gasteiger partial charge in [0.2, 0.25) is 0 Å². The third-order valence-corrected chi connectivity index (χ3v) is 7.89. The molecule has 0 bridgehead atoms. The number of aromatic hydroxyl groups is 1. The monoisotopic (exact) mass is 625 g/mol. The van der Waals surface area contributed by atoms with Crippen LogP contribution in [0.3, 0.4) is 0 Å². The number of fused-ring (bicyclic) bond motifs is 1. The van der Waals surface area contributed by atoms with Crippen molar-refractivity contribution >= 4 is 32.8 Å². The lowest BCUT2D eigenvalue weighted by atomic mass is 9.99. The number of halogens is 4. The van der Waals surface area contributed by atoms with E-state index in [4.69, 9.17) is 5.11 Å². The number of aliphatic hydroxyl groups is 1. The zero-order chi connectivity index (χ0) is 31.5. The number of phenols is 1. The van der Waals surface area contributed by atoms with E-state index in [2.05, 4.69) is 30.5 Å². The largest absolute Gasteiger partial charge is 0.505 e. The smallest absolute Gasteiger partial charge is 0.393 e. The molecule has 0 aliphatic carbocycles. The number of nitrogens with zero attached hydrogens (tertiary/aromatic N) is 3. The van der Waals surface area contributed by atoms with Gasteiger partial charge in [-0.05, 0) is 29.3 Å². The maximum absolute atomic E-state index is 14.5. The van der Waals surface area contributed by atoms with Gasteiger partial charge in [0.15, 0.2) is 17.3 Å². The second-order valence-electron chi connectivity index (χ2n) is 9.28. The summed E-state index contributed by atoms with van der Waals surface area (Å²) in [5.74, 6) is -3.02. The molecule has 2 aromatic carbocycles. The zero-order valence-electron chi connectivity index (χ0n) is 22.7. The molecule has 1 unspecified atom stereocenters. The fourth-order valence-corrected chi connectivity index (χ4v) is 5.34. The highest BCUT2D eigenvalue weighted by Gasteiger charge is 2.32. The fraction of sp³-hybridized carbons (Fsp3) is 0.269. The van der Waals surface area contributed by atoms with E-state index in [9.17, 15) is 35.9 Å². The van der Waals surface area contributed by atoms with Crippen LogP contribution in [0.4, 0.5) is 23.4 Å². The Morgan fingerprint density at radius 1 is 1.16 bits per heavy atom. The highest BCUT2D eigenvalue weighted by Crippen LogP contribution is 2.37. The van der Waals surface area contributed by atoms with E-state index in [1.165, 1.54) is 20.2 Å². The molecule has 17 heteroatoms. The van der Waals surface area contributed by atoms with Crippen LogP contribution in [0.5, 0.6) is 5.75 Å². The Balaban J connectivity index is 1.96. The van der Waals surface area contributed by atoms with Crippen molar-refractivity contribution in [3.8, 4) is 17.0 Å². The van der Waals surface area contributed by atoms with Crippen molar-refractivity contribution in [2.24, 2.45) is 0 Å². The van der Waals surface area contributed by atoms with Gasteiger partial charge in [0.1, 0.15) is 12.0 Å². The van der Waals surface area contributed by atoms with Crippen molar-refractivity contribution < 1.29 is 41.0 Å². The van der Waals surface area contributed by atoms with Crippen molar-refractivity contribution in [2.45, 2.75) is 18.8 Å². The van der Waals surface area contributed by atoms with Crippen LogP contribution in [0.15, 0.2) is 48.5 Å². The van der Waals surface area contributed by atoms with E-state index < -0.39 is 58.6 Å². The Hall–Kier alpha value is -4.32. The molecule has 12 nitrogen and oxygen atoms in total. The summed E-state index contributed by atoms with van der Waals surface area (Å²) in [7, 11) is -1.65. The van der Waals surface area contributed by atoms with E-state index in [1.807, 2.05) is 0 Å². The summed E-state index contributed by atoms with van der Waals surface area (Å²) in [5.41, 5.74) is -0.650. The maximum Gasteiger partial charge on any atom is 0.393 e. The van der Waals surface area contributed by atoms with E-state index in [0.29, 0.717) is 17.7 Å². The molecule has 43 heavy (non-hydrogen) atoms. The van der Waals surface area contributed by atoms with Gasteiger partial charge in [-0.2, -0.15) is 35.7 Å². The van der Waals surface area contributed by atoms with Crippen LogP contribution in [0.25, 0.3) is 22.2 Å². The number of anilines is 1. The highest BCUT2D eigenvalue weighted by atomic mass is 32.2. The van der Waals surface area contributed by atoms with Crippen LogP contribution in [0.2, 0.25) is 0 Å². The molecular weight excluding hydrogens is 598 g/mol. The summed E-state index contributed by atoms with van der Waals surface area (Å²) in [6.07, 6.45) is -7.46. The summed E-state index contributed by atoms with van der Waals surface area (Å²) in [5, 5.41) is 31.0. The first-order chi connectivity index (χ1) is 20.3. The summed E-state index contributed by atoms with van der Waals surface area (Å²) >= 11 is 0. The minimum atomic E-state index is -4.72. The number of aromatic amines is 1. The molecule has 0 radical (unpaired) electrons. The molecule has 2 aromatic heterocycles. The second-order valence-corrected chi connectivity index (χ2v) is 11.1. The molecule has 1 amide bonds. The van der Waals surface area contributed by atoms with Crippen LogP contribution in [0, 0.1) is 5.82 Å². The molecule has 4 rings (SSSR count). The lowest BCUT2D eigenvalue weighted by Gasteiger charge is -2.29. The van der Waals surface area contributed by atoms with E-state index in [0.717, 1.165) is 4.31 Å². The molecule has 0 saturated carbocycles. The number of hydrogen-bond acceptors (Lipinski definition) is 8. The predicted molar refractivity (Wildman–Crippen MR) is 149 cm³/mol. The van der Waals surface area contributed by atoms with Crippen molar-refractivity contribution in [2.75, 3.05) is 32.6 Å². The third kappa shape index (κ3) is 7.02. The topological polar surface area (TPSA) is 173 Å². The second kappa shape index (κ2) is 12.5. The predicted octanol–water partition coefficient (Wildman–Crippen LogP) is 2.80. The van der Waals surface area contributed by atoms with Gasteiger partial charge in [-0.1, -0.05) is 30.3 Å². The van der Waals surface area contributed by atoms with Crippen LogP contribution in [-0.4, -0.2) is 77.4 Å². The minimum Gasteiger partial charge on any atom is -0.505 e. The number of phenolic OH excluding ortho intramolecular Hbond substituents is 1. The SMILES string of the molecule is CNC(=O)c1n[nH]c2cc(-c3cc(F)c(O)cc3CC(F)(F)F)nc(NC(c3ccccc3)N(C)S(=O)(=O)NCCO)c12. The van der Waals surface area contributed by atoms with Gasteiger partial charge < -0.3 is 20.8 Å². The molecule has 0 saturated heterocycles. The van der Waals surface area contributed by atoms with Gasteiger partial charge in [0, 0.05) is 26.2 Å². The Bertz CT molecular complexity index is 1730.